The Balaban J connectivity index is 1.57. The van der Waals surface area contributed by atoms with Gasteiger partial charge in [-0.1, -0.05) is 0 Å². The summed E-state index contributed by atoms with van der Waals surface area (Å²) in [5.41, 5.74) is 2.47. The monoisotopic (exact) mass is 323 g/mol. The minimum Gasteiger partial charge on any atom is -0.335 e. The number of pyridine rings is 1. The second kappa shape index (κ2) is 5.78. The topological polar surface area (TPSA) is 55.4 Å². The lowest BCUT2D eigenvalue weighted by atomic mass is 10.1. The summed E-state index contributed by atoms with van der Waals surface area (Å²) in [6.07, 6.45) is 9.67. The summed E-state index contributed by atoms with van der Waals surface area (Å²) in [7, 11) is 0. The van der Waals surface area contributed by atoms with E-state index in [4.69, 9.17) is 0 Å². The molecule has 1 amide bonds. The average Bonchev–Trinajstić information content (AvgIpc) is 3.20. The van der Waals surface area contributed by atoms with Crippen LogP contribution in [0.3, 0.4) is 0 Å². The van der Waals surface area contributed by atoms with E-state index in [-0.39, 0.29) is 5.91 Å². The first-order valence-corrected chi connectivity index (χ1v) is 8.36. The molecule has 0 saturated carbocycles. The van der Waals surface area contributed by atoms with Crippen molar-refractivity contribution in [2.24, 2.45) is 0 Å². The van der Waals surface area contributed by atoms with Crippen LogP contribution in [0.15, 0.2) is 36.9 Å². The molecule has 24 heavy (non-hydrogen) atoms. The summed E-state index contributed by atoms with van der Waals surface area (Å²) >= 11 is 0. The molecule has 4 heterocycles. The minimum absolute atomic E-state index is 0.0128. The van der Waals surface area contributed by atoms with E-state index in [1.807, 2.05) is 60.1 Å². The Morgan fingerprint density at radius 3 is 2.96 bits per heavy atom. The molecule has 6 nitrogen and oxygen atoms in total. The van der Waals surface area contributed by atoms with E-state index in [2.05, 4.69) is 14.5 Å². The maximum Gasteiger partial charge on any atom is 0.274 e. The van der Waals surface area contributed by atoms with Crippen molar-refractivity contribution in [2.45, 2.75) is 32.7 Å². The van der Waals surface area contributed by atoms with Gasteiger partial charge in [0.05, 0.1) is 6.04 Å². The van der Waals surface area contributed by atoms with Gasteiger partial charge in [0.2, 0.25) is 0 Å². The van der Waals surface area contributed by atoms with E-state index in [9.17, 15) is 4.79 Å². The van der Waals surface area contributed by atoms with Crippen molar-refractivity contribution < 1.29 is 4.79 Å². The van der Waals surface area contributed by atoms with Crippen molar-refractivity contribution in [3.63, 3.8) is 0 Å². The van der Waals surface area contributed by atoms with Gasteiger partial charge in [0.25, 0.3) is 5.91 Å². The molecule has 1 fully saturated rings. The Hall–Kier alpha value is -2.63. The van der Waals surface area contributed by atoms with Gasteiger partial charge in [-0.3, -0.25) is 4.79 Å². The lowest BCUT2D eigenvalue weighted by Gasteiger charge is -2.33. The number of aryl methyl sites for hydroxylation is 2. The molecule has 1 aliphatic heterocycles. The summed E-state index contributed by atoms with van der Waals surface area (Å²) in [6, 6.07) is 4.30. The van der Waals surface area contributed by atoms with Crippen molar-refractivity contribution in [3.05, 3.63) is 54.0 Å². The average molecular weight is 323 g/mol. The molecule has 0 bridgehead atoms. The van der Waals surface area contributed by atoms with Crippen molar-refractivity contribution in [1.82, 2.24) is 23.8 Å². The van der Waals surface area contributed by atoms with Crippen LogP contribution in [0.2, 0.25) is 0 Å². The van der Waals surface area contributed by atoms with E-state index in [1.165, 1.54) is 0 Å². The molecule has 3 aromatic rings. The number of fused-ring (bicyclic) bond motifs is 1. The Bertz CT molecular complexity index is 894. The minimum atomic E-state index is 0.0128. The number of piperidine rings is 1. The highest BCUT2D eigenvalue weighted by atomic mass is 16.2. The zero-order valence-corrected chi connectivity index (χ0v) is 14.0. The van der Waals surface area contributed by atoms with Crippen molar-refractivity contribution in [3.8, 4) is 0 Å². The molecule has 0 unspecified atom stereocenters. The highest BCUT2D eigenvalue weighted by Gasteiger charge is 2.27. The fourth-order valence-electron chi connectivity index (χ4n) is 3.49. The summed E-state index contributed by atoms with van der Waals surface area (Å²) in [4.78, 5) is 23.6. The molecule has 0 spiro atoms. The molecule has 1 saturated heterocycles. The molecule has 1 atom stereocenters. The number of hydrogen-bond donors (Lipinski definition) is 0. The van der Waals surface area contributed by atoms with Crippen LogP contribution >= 0.6 is 0 Å². The van der Waals surface area contributed by atoms with E-state index in [1.54, 1.807) is 0 Å². The molecule has 0 aliphatic carbocycles. The molecule has 0 radical (unpaired) electrons. The van der Waals surface area contributed by atoms with Gasteiger partial charge < -0.3 is 13.9 Å². The van der Waals surface area contributed by atoms with Crippen molar-refractivity contribution >= 4 is 11.6 Å². The summed E-state index contributed by atoms with van der Waals surface area (Å²) in [5, 5.41) is 0. The zero-order chi connectivity index (χ0) is 16.7. The Morgan fingerprint density at radius 2 is 2.17 bits per heavy atom. The van der Waals surface area contributed by atoms with Crippen LogP contribution in [0.4, 0.5) is 0 Å². The molecule has 6 heteroatoms. The largest absolute Gasteiger partial charge is 0.335 e. The first-order valence-electron chi connectivity index (χ1n) is 8.36. The fraction of sp³-hybridized carbons (Fsp3) is 0.389. The lowest BCUT2D eigenvalue weighted by Crippen LogP contribution is -2.41. The number of nitrogens with zero attached hydrogens (tertiary/aromatic N) is 5. The number of carbonyl (C=O) groups is 1. The van der Waals surface area contributed by atoms with Gasteiger partial charge in [0, 0.05) is 37.9 Å². The van der Waals surface area contributed by atoms with Crippen LogP contribution in [-0.2, 0) is 0 Å². The molecule has 124 valence electrons. The second-order valence-electron chi connectivity index (χ2n) is 6.52. The third-order valence-corrected chi connectivity index (χ3v) is 4.77. The van der Waals surface area contributed by atoms with Crippen LogP contribution in [0.1, 0.15) is 40.8 Å². The maximum absolute atomic E-state index is 12.9. The van der Waals surface area contributed by atoms with Gasteiger partial charge in [0.15, 0.2) is 0 Å². The third kappa shape index (κ3) is 2.58. The fourth-order valence-corrected chi connectivity index (χ4v) is 3.49. The molecular formula is C18H21N5O. The quantitative estimate of drug-likeness (QED) is 0.728. The van der Waals surface area contributed by atoms with E-state index >= 15 is 0 Å². The third-order valence-electron chi connectivity index (χ3n) is 4.77. The maximum atomic E-state index is 12.9. The summed E-state index contributed by atoms with van der Waals surface area (Å²) in [6.45, 7) is 5.53. The predicted octanol–water partition coefficient (Wildman–Crippen LogP) is 2.62. The van der Waals surface area contributed by atoms with Gasteiger partial charge in [-0.05, 0) is 44.4 Å². The standard InChI is InChI=1S/C18H21N5O/c1-13-5-8-21-12-16(20-17(21)10-13)18(24)22-7-3-4-15(11-22)23-9-6-19-14(23)2/h5-6,8-10,12,15H,3-4,7,11H2,1-2H3/t15-/m0/s1. The number of carbonyl (C=O) groups excluding carboxylic acids is 1. The van der Waals surface area contributed by atoms with Crippen molar-refractivity contribution in [1.29, 1.82) is 0 Å². The van der Waals surface area contributed by atoms with Crippen LogP contribution in [0.5, 0.6) is 0 Å². The molecule has 3 aromatic heterocycles. The summed E-state index contributed by atoms with van der Waals surface area (Å²) in [5.74, 6) is 1.01. The number of aromatic nitrogens is 4. The highest BCUT2D eigenvalue weighted by molar-refractivity contribution is 5.93. The van der Waals surface area contributed by atoms with E-state index in [0.717, 1.165) is 36.4 Å². The molecule has 0 aromatic carbocycles. The number of amides is 1. The van der Waals surface area contributed by atoms with Gasteiger partial charge in [0.1, 0.15) is 17.2 Å². The second-order valence-corrected chi connectivity index (χ2v) is 6.52. The van der Waals surface area contributed by atoms with E-state index in [0.29, 0.717) is 18.3 Å². The van der Waals surface area contributed by atoms with Gasteiger partial charge >= 0.3 is 0 Å². The number of imidazole rings is 2. The summed E-state index contributed by atoms with van der Waals surface area (Å²) < 4.78 is 4.08. The van der Waals surface area contributed by atoms with E-state index < -0.39 is 0 Å². The number of likely N-dealkylation sites (tertiary alicyclic amines) is 1. The first-order chi connectivity index (χ1) is 11.6. The number of rotatable bonds is 2. The molecule has 1 aliphatic rings. The SMILES string of the molecule is Cc1ccn2cc(C(=O)N3CCC[C@H](n4ccnc4C)C3)nc2c1. The molecular weight excluding hydrogens is 302 g/mol. The zero-order valence-electron chi connectivity index (χ0n) is 14.0. The lowest BCUT2D eigenvalue weighted by molar-refractivity contribution is 0.0673. The van der Waals surface area contributed by atoms with Crippen LogP contribution in [-0.4, -0.2) is 42.8 Å². The van der Waals surface area contributed by atoms with Gasteiger partial charge in [-0.2, -0.15) is 0 Å². The smallest absolute Gasteiger partial charge is 0.274 e. The van der Waals surface area contributed by atoms with Crippen LogP contribution in [0.25, 0.3) is 5.65 Å². The van der Waals surface area contributed by atoms with Crippen LogP contribution < -0.4 is 0 Å². The molecule has 4 rings (SSSR count). The van der Waals surface area contributed by atoms with Gasteiger partial charge in [-0.25, -0.2) is 9.97 Å². The Labute approximate surface area is 140 Å². The molecule has 0 N–H and O–H groups in total. The number of hydrogen-bond acceptors (Lipinski definition) is 3. The highest BCUT2D eigenvalue weighted by Crippen LogP contribution is 2.24. The Morgan fingerprint density at radius 1 is 1.29 bits per heavy atom. The van der Waals surface area contributed by atoms with Crippen molar-refractivity contribution in [2.75, 3.05) is 13.1 Å². The first kappa shape index (κ1) is 14.9. The van der Waals surface area contributed by atoms with Crippen LogP contribution in [0, 0.1) is 13.8 Å². The Kier molecular flexibility index (Phi) is 3.59. The predicted molar refractivity (Wildman–Crippen MR) is 91.1 cm³/mol. The van der Waals surface area contributed by atoms with Gasteiger partial charge in [-0.15, -0.1) is 0 Å². The normalized spacial score (nSPS) is 18.2.